The number of nitrogens with zero attached hydrogens (tertiary/aromatic N) is 3. The first-order valence-corrected chi connectivity index (χ1v) is 8.18. The third-order valence-corrected chi connectivity index (χ3v) is 4.15. The summed E-state index contributed by atoms with van der Waals surface area (Å²) in [4.78, 5) is 22.7. The van der Waals surface area contributed by atoms with Crippen molar-refractivity contribution in [2.24, 2.45) is 5.92 Å². The number of benzene rings is 1. The molecule has 1 atom stereocenters. The molecule has 26 heavy (non-hydrogen) atoms. The maximum absolute atomic E-state index is 12.7. The number of rotatable bonds is 4. The van der Waals surface area contributed by atoms with Gasteiger partial charge in [-0.05, 0) is 37.1 Å². The highest BCUT2D eigenvalue weighted by Gasteiger charge is 2.30. The van der Waals surface area contributed by atoms with Crippen LogP contribution in [0.15, 0.2) is 42.7 Å². The largest absolute Gasteiger partial charge is 0.416 e. The van der Waals surface area contributed by atoms with E-state index in [9.17, 15) is 18.0 Å². The van der Waals surface area contributed by atoms with E-state index in [1.165, 1.54) is 12.1 Å². The Labute approximate surface area is 148 Å². The molecule has 1 amide bonds. The molecule has 1 aromatic carbocycles. The predicted molar refractivity (Wildman–Crippen MR) is 90.2 cm³/mol. The van der Waals surface area contributed by atoms with Crippen LogP contribution in [0.3, 0.4) is 0 Å². The first-order valence-electron chi connectivity index (χ1n) is 8.18. The molecule has 0 bridgehead atoms. The first-order chi connectivity index (χ1) is 12.4. The highest BCUT2D eigenvalue weighted by Crippen LogP contribution is 2.30. The van der Waals surface area contributed by atoms with Gasteiger partial charge in [0.05, 0.1) is 17.2 Å². The Bertz CT molecular complexity index is 754. The summed E-state index contributed by atoms with van der Waals surface area (Å²) < 4.78 is 38.2. The number of carbonyl (C=O) groups is 1. The van der Waals surface area contributed by atoms with Crippen molar-refractivity contribution in [1.29, 1.82) is 0 Å². The fourth-order valence-corrected chi connectivity index (χ4v) is 2.84. The standard InChI is InChI=1S/C17H18F3N5O/c18-17(19,20)13-5-1-6-14(10-13)23-24-15(26)12-4-2-9-25(11-12)16-21-7-3-8-22-16/h1,3,5-8,10,12,23H,2,4,9,11H2,(H,24,26). The number of amides is 1. The average Bonchev–Trinajstić information content (AvgIpc) is 2.66. The van der Waals surface area contributed by atoms with Crippen molar-refractivity contribution in [2.45, 2.75) is 19.0 Å². The SMILES string of the molecule is O=C(NNc1cccc(C(F)(F)F)c1)C1CCCN(c2ncccn2)C1. The number of hydrogen-bond acceptors (Lipinski definition) is 5. The number of alkyl halides is 3. The molecule has 138 valence electrons. The number of carbonyl (C=O) groups excluding carboxylic acids is 1. The molecule has 9 heteroatoms. The summed E-state index contributed by atoms with van der Waals surface area (Å²) in [5.41, 5.74) is 4.45. The van der Waals surface area contributed by atoms with Crippen LogP contribution in [0.2, 0.25) is 0 Å². The number of aromatic nitrogens is 2. The second-order valence-electron chi connectivity index (χ2n) is 6.03. The van der Waals surface area contributed by atoms with Gasteiger partial charge in [-0.15, -0.1) is 0 Å². The van der Waals surface area contributed by atoms with Gasteiger partial charge in [0.1, 0.15) is 0 Å². The molecule has 2 N–H and O–H groups in total. The zero-order chi connectivity index (χ0) is 18.6. The number of hydrazine groups is 1. The van der Waals surface area contributed by atoms with Gasteiger partial charge in [-0.25, -0.2) is 9.97 Å². The second-order valence-corrected chi connectivity index (χ2v) is 6.03. The van der Waals surface area contributed by atoms with Gasteiger partial charge in [-0.2, -0.15) is 13.2 Å². The van der Waals surface area contributed by atoms with Gasteiger partial charge < -0.3 is 4.90 Å². The molecule has 2 heterocycles. The van der Waals surface area contributed by atoms with Crippen LogP contribution in [0.5, 0.6) is 0 Å². The molecular formula is C17H18F3N5O. The van der Waals surface area contributed by atoms with Gasteiger partial charge in [-0.3, -0.25) is 15.6 Å². The summed E-state index contributed by atoms with van der Waals surface area (Å²) in [6, 6.07) is 6.39. The Kier molecular flexibility index (Phi) is 5.24. The molecule has 0 radical (unpaired) electrons. The summed E-state index contributed by atoms with van der Waals surface area (Å²) in [7, 11) is 0. The molecule has 1 aliphatic rings. The van der Waals surface area contributed by atoms with E-state index in [4.69, 9.17) is 0 Å². The van der Waals surface area contributed by atoms with Gasteiger partial charge in [0, 0.05) is 25.5 Å². The Balaban J connectivity index is 1.58. The number of hydrogen-bond donors (Lipinski definition) is 2. The molecule has 0 saturated carbocycles. The lowest BCUT2D eigenvalue weighted by molar-refractivity contribution is -0.137. The van der Waals surface area contributed by atoms with Gasteiger partial charge in [0.15, 0.2) is 0 Å². The van der Waals surface area contributed by atoms with E-state index in [-0.39, 0.29) is 17.5 Å². The number of anilines is 2. The number of halogens is 3. The van der Waals surface area contributed by atoms with E-state index in [1.807, 2.05) is 4.90 Å². The van der Waals surface area contributed by atoms with E-state index < -0.39 is 11.7 Å². The monoisotopic (exact) mass is 365 g/mol. The quantitative estimate of drug-likeness (QED) is 0.816. The van der Waals surface area contributed by atoms with Crippen LogP contribution in [0.4, 0.5) is 24.8 Å². The first kappa shape index (κ1) is 18.0. The summed E-state index contributed by atoms with van der Waals surface area (Å²) in [6.07, 6.45) is 0.350. The molecule has 1 saturated heterocycles. The maximum atomic E-state index is 12.7. The smallest absolute Gasteiger partial charge is 0.340 e. The van der Waals surface area contributed by atoms with Crippen molar-refractivity contribution in [1.82, 2.24) is 15.4 Å². The van der Waals surface area contributed by atoms with E-state index in [0.29, 0.717) is 18.9 Å². The molecular weight excluding hydrogens is 347 g/mol. The number of piperidine rings is 1. The van der Waals surface area contributed by atoms with Crippen molar-refractivity contribution >= 4 is 17.5 Å². The maximum Gasteiger partial charge on any atom is 0.416 e. The molecule has 1 unspecified atom stereocenters. The van der Waals surface area contributed by atoms with Gasteiger partial charge in [0.25, 0.3) is 0 Å². The van der Waals surface area contributed by atoms with Crippen LogP contribution >= 0.6 is 0 Å². The zero-order valence-corrected chi connectivity index (χ0v) is 13.8. The molecule has 2 aromatic rings. The molecule has 1 aliphatic heterocycles. The second kappa shape index (κ2) is 7.59. The van der Waals surface area contributed by atoms with E-state index in [2.05, 4.69) is 20.8 Å². The summed E-state index contributed by atoms with van der Waals surface area (Å²) in [5, 5.41) is 0. The minimum Gasteiger partial charge on any atom is -0.340 e. The van der Waals surface area contributed by atoms with Crippen molar-refractivity contribution in [3.63, 3.8) is 0 Å². The molecule has 1 aromatic heterocycles. The minimum atomic E-state index is -4.43. The van der Waals surface area contributed by atoms with Crippen molar-refractivity contribution in [3.8, 4) is 0 Å². The lowest BCUT2D eigenvalue weighted by Gasteiger charge is -2.31. The Hall–Kier alpha value is -2.84. The average molecular weight is 365 g/mol. The van der Waals surface area contributed by atoms with E-state index in [1.54, 1.807) is 18.5 Å². The molecule has 3 rings (SSSR count). The summed E-state index contributed by atoms with van der Waals surface area (Å²) in [5.74, 6) is -0.00950. The topological polar surface area (TPSA) is 70.2 Å². The van der Waals surface area contributed by atoms with Gasteiger partial charge in [0.2, 0.25) is 11.9 Å². The fraction of sp³-hybridized carbons (Fsp3) is 0.353. The number of nitrogens with one attached hydrogen (secondary N) is 2. The van der Waals surface area contributed by atoms with Gasteiger partial charge in [-0.1, -0.05) is 6.07 Å². The Morgan fingerprint density at radius 3 is 2.69 bits per heavy atom. The van der Waals surface area contributed by atoms with Crippen LogP contribution in [-0.4, -0.2) is 29.0 Å². The van der Waals surface area contributed by atoms with Crippen LogP contribution in [0, 0.1) is 5.92 Å². The lowest BCUT2D eigenvalue weighted by atomic mass is 9.98. The van der Waals surface area contributed by atoms with Crippen molar-refractivity contribution in [3.05, 3.63) is 48.3 Å². The third kappa shape index (κ3) is 4.41. The normalized spacial score (nSPS) is 17.7. The van der Waals surface area contributed by atoms with Crippen LogP contribution in [0.25, 0.3) is 0 Å². The Morgan fingerprint density at radius 2 is 1.96 bits per heavy atom. The molecule has 0 aliphatic carbocycles. The zero-order valence-electron chi connectivity index (χ0n) is 13.8. The van der Waals surface area contributed by atoms with Crippen LogP contribution in [-0.2, 0) is 11.0 Å². The van der Waals surface area contributed by atoms with E-state index >= 15 is 0 Å². The minimum absolute atomic E-state index is 0.173. The highest BCUT2D eigenvalue weighted by atomic mass is 19.4. The van der Waals surface area contributed by atoms with Crippen LogP contribution < -0.4 is 15.8 Å². The summed E-state index contributed by atoms with van der Waals surface area (Å²) in [6.45, 7) is 1.22. The third-order valence-electron chi connectivity index (χ3n) is 4.15. The van der Waals surface area contributed by atoms with Crippen molar-refractivity contribution < 1.29 is 18.0 Å². The van der Waals surface area contributed by atoms with Crippen molar-refractivity contribution in [2.75, 3.05) is 23.4 Å². The molecule has 6 nitrogen and oxygen atoms in total. The van der Waals surface area contributed by atoms with E-state index in [0.717, 1.165) is 25.1 Å². The Morgan fingerprint density at radius 1 is 1.19 bits per heavy atom. The highest BCUT2D eigenvalue weighted by molar-refractivity contribution is 5.80. The summed E-state index contributed by atoms with van der Waals surface area (Å²) >= 11 is 0. The molecule has 1 fully saturated rings. The van der Waals surface area contributed by atoms with Gasteiger partial charge >= 0.3 is 6.18 Å². The lowest BCUT2D eigenvalue weighted by Crippen LogP contribution is -2.45. The van der Waals surface area contributed by atoms with Crippen LogP contribution in [0.1, 0.15) is 18.4 Å². The predicted octanol–water partition coefficient (Wildman–Crippen LogP) is 2.86. The molecule has 0 spiro atoms. The fourth-order valence-electron chi connectivity index (χ4n) is 2.84.